The van der Waals surface area contributed by atoms with Crippen molar-refractivity contribution < 1.29 is 0 Å². The van der Waals surface area contributed by atoms with Gasteiger partial charge in [0.05, 0.1) is 5.69 Å². The third-order valence-electron chi connectivity index (χ3n) is 2.35. The van der Waals surface area contributed by atoms with Crippen molar-refractivity contribution in [3.05, 3.63) is 45.0 Å². The highest BCUT2D eigenvalue weighted by Crippen LogP contribution is 2.16. The van der Waals surface area contributed by atoms with E-state index in [1.54, 1.807) is 12.4 Å². The first-order chi connectivity index (χ1) is 8.22. The summed E-state index contributed by atoms with van der Waals surface area (Å²) in [4.78, 5) is 22.9. The van der Waals surface area contributed by atoms with Crippen molar-refractivity contribution in [1.29, 1.82) is 0 Å². The lowest BCUT2D eigenvalue weighted by molar-refractivity contribution is 0.861. The molecule has 0 aliphatic heterocycles. The SMILES string of the molecule is CCCc1nc(-c2cccnc2)[nH]c(=O)c1Br. The summed E-state index contributed by atoms with van der Waals surface area (Å²) < 4.78 is 0.520. The number of hydrogen-bond donors (Lipinski definition) is 1. The van der Waals surface area contributed by atoms with Gasteiger partial charge in [0.1, 0.15) is 10.3 Å². The Kier molecular flexibility index (Phi) is 3.68. The van der Waals surface area contributed by atoms with Gasteiger partial charge in [0.15, 0.2) is 0 Å². The van der Waals surface area contributed by atoms with Crippen LogP contribution in [0.3, 0.4) is 0 Å². The van der Waals surface area contributed by atoms with Crippen LogP contribution < -0.4 is 5.56 Å². The summed E-state index contributed by atoms with van der Waals surface area (Å²) in [5.74, 6) is 0.565. The summed E-state index contributed by atoms with van der Waals surface area (Å²) in [6.45, 7) is 2.05. The number of H-pyrrole nitrogens is 1. The molecular formula is C12H12BrN3O. The highest BCUT2D eigenvalue weighted by molar-refractivity contribution is 9.10. The third kappa shape index (κ3) is 2.61. The van der Waals surface area contributed by atoms with Crippen molar-refractivity contribution in [3.8, 4) is 11.4 Å². The second-order valence-corrected chi connectivity index (χ2v) is 4.46. The molecule has 0 aliphatic carbocycles. The summed E-state index contributed by atoms with van der Waals surface area (Å²) >= 11 is 3.27. The number of rotatable bonds is 3. The lowest BCUT2D eigenvalue weighted by Gasteiger charge is -2.05. The maximum Gasteiger partial charge on any atom is 0.265 e. The van der Waals surface area contributed by atoms with Crippen LogP contribution >= 0.6 is 15.9 Å². The zero-order chi connectivity index (χ0) is 12.3. The van der Waals surface area contributed by atoms with Crippen molar-refractivity contribution in [2.24, 2.45) is 0 Å². The normalized spacial score (nSPS) is 10.5. The van der Waals surface area contributed by atoms with E-state index in [1.807, 2.05) is 12.1 Å². The lowest BCUT2D eigenvalue weighted by Crippen LogP contribution is -2.13. The first-order valence-corrected chi connectivity index (χ1v) is 6.20. The Morgan fingerprint density at radius 3 is 2.94 bits per heavy atom. The van der Waals surface area contributed by atoms with Crippen LogP contribution in [0, 0.1) is 0 Å². The number of pyridine rings is 1. The molecule has 0 fully saturated rings. The minimum absolute atomic E-state index is 0.151. The molecule has 0 aromatic carbocycles. The van der Waals surface area contributed by atoms with Crippen LogP contribution in [0.1, 0.15) is 19.0 Å². The predicted octanol–water partition coefficient (Wildman–Crippen LogP) is 2.55. The quantitative estimate of drug-likeness (QED) is 0.946. The molecule has 4 nitrogen and oxygen atoms in total. The van der Waals surface area contributed by atoms with Crippen LogP contribution in [0.4, 0.5) is 0 Å². The molecule has 1 N–H and O–H groups in total. The minimum Gasteiger partial charge on any atom is -0.305 e. The Balaban J connectivity index is 2.53. The monoisotopic (exact) mass is 293 g/mol. The molecule has 0 saturated carbocycles. The Bertz CT molecular complexity index is 566. The van der Waals surface area contributed by atoms with Crippen LogP contribution in [0.15, 0.2) is 33.8 Å². The number of nitrogens with one attached hydrogen (secondary N) is 1. The van der Waals surface area contributed by atoms with Crippen molar-refractivity contribution in [2.45, 2.75) is 19.8 Å². The Morgan fingerprint density at radius 2 is 2.29 bits per heavy atom. The largest absolute Gasteiger partial charge is 0.305 e. The van der Waals surface area contributed by atoms with Crippen LogP contribution in [0.2, 0.25) is 0 Å². The van der Waals surface area contributed by atoms with Crippen LogP contribution in [-0.4, -0.2) is 15.0 Å². The molecule has 17 heavy (non-hydrogen) atoms. The molecule has 0 radical (unpaired) electrons. The molecule has 2 heterocycles. The maximum atomic E-state index is 11.7. The summed E-state index contributed by atoms with van der Waals surface area (Å²) in [6, 6.07) is 3.69. The fourth-order valence-corrected chi connectivity index (χ4v) is 1.93. The molecule has 0 saturated heterocycles. The Hall–Kier alpha value is -1.49. The number of aromatic nitrogens is 3. The fourth-order valence-electron chi connectivity index (χ4n) is 1.55. The second-order valence-electron chi connectivity index (χ2n) is 3.67. The molecular weight excluding hydrogens is 282 g/mol. The van der Waals surface area contributed by atoms with E-state index in [4.69, 9.17) is 0 Å². The summed E-state index contributed by atoms with van der Waals surface area (Å²) in [5, 5.41) is 0. The van der Waals surface area contributed by atoms with Gasteiger partial charge in [-0.25, -0.2) is 4.98 Å². The topological polar surface area (TPSA) is 58.6 Å². The van der Waals surface area contributed by atoms with Gasteiger partial charge in [-0.3, -0.25) is 9.78 Å². The molecule has 5 heteroatoms. The highest BCUT2D eigenvalue weighted by atomic mass is 79.9. The molecule has 0 bridgehead atoms. The molecule has 2 rings (SSSR count). The minimum atomic E-state index is -0.151. The van der Waals surface area contributed by atoms with Gasteiger partial charge in [0, 0.05) is 18.0 Å². The molecule has 0 aliphatic rings. The van der Waals surface area contributed by atoms with Gasteiger partial charge in [-0.1, -0.05) is 13.3 Å². The van der Waals surface area contributed by atoms with E-state index in [-0.39, 0.29) is 5.56 Å². The van der Waals surface area contributed by atoms with Crippen LogP contribution in [0.5, 0.6) is 0 Å². The third-order valence-corrected chi connectivity index (χ3v) is 3.17. The molecule has 88 valence electrons. The number of hydrogen-bond acceptors (Lipinski definition) is 3. The molecule has 2 aromatic rings. The zero-order valence-corrected chi connectivity index (χ0v) is 11.0. The molecule has 0 amide bonds. The zero-order valence-electron chi connectivity index (χ0n) is 9.40. The molecule has 2 aromatic heterocycles. The lowest BCUT2D eigenvalue weighted by atomic mass is 10.2. The van der Waals surface area contributed by atoms with Crippen molar-refractivity contribution in [3.63, 3.8) is 0 Å². The van der Waals surface area contributed by atoms with E-state index in [9.17, 15) is 4.79 Å². The summed E-state index contributed by atoms with van der Waals surface area (Å²) in [7, 11) is 0. The van der Waals surface area contributed by atoms with Gasteiger partial charge in [-0.2, -0.15) is 0 Å². The van der Waals surface area contributed by atoms with E-state index < -0.39 is 0 Å². The van der Waals surface area contributed by atoms with E-state index in [0.717, 1.165) is 24.1 Å². The second kappa shape index (κ2) is 5.23. The van der Waals surface area contributed by atoms with E-state index in [0.29, 0.717) is 10.3 Å². The van der Waals surface area contributed by atoms with Crippen molar-refractivity contribution >= 4 is 15.9 Å². The van der Waals surface area contributed by atoms with Gasteiger partial charge in [-0.15, -0.1) is 0 Å². The van der Waals surface area contributed by atoms with Crippen LogP contribution in [-0.2, 0) is 6.42 Å². The molecule has 0 unspecified atom stereocenters. The van der Waals surface area contributed by atoms with E-state index in [1.165, 1.54) is 0 Å². The standard InChI is InChI=1S/C12H12BrN3O/c1-2-4-9-10(13)12(17)16-11(15-9)8-5-3-6-14-7-8/h3,5-7H,2,4H2,1H3,(H,15,16,17). The van der Waals surface area contributed by atoms with Crippen LogP contribution in [0.25, 0.3) is 11.4 Å². The van der Waals surface area contributed by atoms with Gasteiger partial charge in [0.2, 0.25) is 0 Å². The first kappa shape index (κ1) is 12.0. The summed E-state index contributed by atoms with van der Waals surface area (Å²) in [6.07, 6.45) is 5.09. The van der Waals surface area contributed by atoms with Gasteiger partial charge >= 0.3 is 0 Å². The van der Waals surface area contributed by atoms with Crippen molar-refractivity contribution in [1.82, 2.24) is 15.0 Å². The average molecular weight is 294 g/mol. The Morgan fingerprint density at radius 1 is 1.47 bits per heavy atom. The number of aromatic amines is 1. The average Bonchev–Trinajstić information content (AvgIpc) is 2.36. The van der Waals surface area contributed by atoms with Gasteiger partial charge < -0.3 is 4.98 Å². The predicted molar refractivity (Wildman–Crippen MR) is 69.8 cm³/mol. The van der Waals surface area contributed by atoms with E-state index >= 15 is 0 Å². The number of nitrogens with zero attached hydrogens (tertiary/aromatic N) is 2. The molecule has 0 spiro atoms. The van der Waals surface area contributed by atoms with Crippen molar-refractivity contribution in [2.75, 3.05) is 0 Å². The number of aryl methyl sites for hydroxylation is 1. The fraction of sp³-hybridized carbons (Fsp3) is 0.250. The highest BCUT2D eigenvalue weighted by Gasteiger charge is 2.09. The van der Waals surface area contributed by atoms with Gasteiger partial charge in [-0.05, 0) is 34.5 Å². The summed E-state index contributed by atoms with van der Waals surface area (Å²) in [5.41, 5.74) is 1.45. The smallest absolute Gasteiger partial charge is 0.265 e. The number of halogens is 1. The van der Waals surface area contributed by atoms with Gasteiger partial charge in [0.25, 0.3) is 5.56 Å². The maximum absolute atomic E-state index is 11.7. The molecule has 0 atom stereocenters. The van der Waals surface area contributed by atoms with E-state index in [2.05, 4.69) is 37.8 Å². The first-order valence-electron chi connectivity index (χ1n) is 5.41. The Labute approximate surface area is 107 Å².